The third-order valence-corrected chi connectivity index (χ3v) is 4.59. The fraction of sp³-hybridized carbons (Fsp3) is 0.389. The largest absolute Gasteiger partial charge is 0.295 e. The van der Waals surface area contributed by atoms with Gasteiger partial charge in [-0.15, -0.1) is 5.10 Å². The first kappa shape index (κ1) is 15.1. The van der Waals surface area contributed by atoms with E-state index in [4.69, 9.17) is 0 Å². The minimum atomic E-state index is 0.461. The van der Waals surface area contributed by atoms with Crippen LogP contribution >= 0.6 is 0 Å². The first-order valence-electron chi connectivity index (χ1n) is 8.41. The van der Waals surface area contributed by atoms with E-state index in [0.29, 0.717) is 6.04 Å². The molecule has 0 bridgehead atoms. The van der Waals surface area contributed by atoms with E-state index in [2.05, 4.69) is 44.9 Å². The Morgan fingerprint density at radius 1 is 1.17 bits per heavy atom. The second kappa shape index (κ2) is 6.20. The molecule has 6 heteroatoms. The van der Waals surface area contributed by atoms with Crippen molar-refractivity contribution in [2.75, 3.05) is 13.1 Å². The first-order chi connectivity index (χ1) is 11.7. The van der Waals surface area contributed by atoms with E-state index in [0.717, 1.165) is 43.1 Å². The van der Waals surface area contributed by atoms with E-state index in [-0.39, 0.29) is 0 Å². The summed E-state index contributed by atoms with van der Waals surface area (Å²) in [6.45, 7) is 7.11. The summed E-state index contributed by atoms with van der Waals surface area (Å²) in [7, 11) is 0. The van der Waals surface area contributed by atoms with Crippen LogP contribution in [0, 0.1) is 13.8 Å². The SMILES string of the molecule is Cc1cc(C)n([C@@H]2CCN(Cc3cn(-c4ccccc4)nn3)C2)n1. The highest BCUT2D eigenvalue weighted by atomic mass is 15.4. The second-order valence-electron chi connectivity index (χ2n) is 6.54. The molecule has 4 rings (SSSR count). The van der Waals surface area contributed by atoms with E-state index in [1.165, 1.54) is 5.69 Å². The van der Waals surface area contributed by atoms with Crippen molar-refractivity contribution in [2.45, 2.75) is 32.9 Å². The molecule has 1 aliphatic rings. The van der Waals surface area contributed by atoms with Gasteiger partial charge in [0.2, 0.25) is 0 Å². The van der Waals surface area contributed by atoms with E-state index in [1.807, 2.05) is 41.2 Å². The van der Waals surface area contributed by atoms with Gasteiger partial charge >= 0.3 is 0 Å². The number of aryl methyl sites for hydroxylation is 2. The molecular weight excluding hydrogens is 300 g/mol. The lowest BCUT2D eigenvalue weighted by Crippen LogP contribution is -2.22. The summed E-state index contributed by atoms with van der Waals surface area (Å²) in [5.41, 5.74) is 4.39. The molecule has 124 valence electrons. The smallest absolute Gasteiger partial charge is 0.0971 e. The fourth-order valence-corrected chi connectivity index (χ4v) is 3.48. The van der Waals surface area contributed by atoms with Crippen LogP contribution in [0.5, 0.6) is 0 Å². The highest BCUT2D eigenvalue weighted by molar-refractivity contribution is 5.29. The molecular formula is C18H22N6. The maximum atomic E-state index is 4.64. The highest BCUT2D eigenvalue weighted by Gasteiger charge is 2.26. The Hall–Kier alpha value is -2.47. The van der Waals surface area contributed by atoms with Gasteiger partial charge in [0.05, 0.1) is 29.3 Å². The lowest BCUT2D eigenvalue weighted by atomic mass is 10.2. The van der Waals surface area contributed by atoms with Crippen molar-refractivity contribution in [3.8, 4) is 5.69 Å². The van der Waals surface area contributed by atoms with Gasteiger partial charge in [0.1, 0.15) is 0 Å². The molecule has 1 fully saturated rings. The Balaban J connectivity index is 1.42. The average Bonchev–Trinajstić information content (AvgIpc) is 3.29. The van der Waals surface area contributed by atoms with Gasteiger partial charge in [-0.25, -0.2) is 4.68 Å². The monoisotopic (exact) mass is 322 g/mol. The fourth-order valence-electron chi connectivity index (χ4n) is 3.48. The lowest BCUT2D eigenvalue weighted by Gasteiger charge is -2.15. The molecule has 2 aromatic heterocycles. The standard InChI is InChI=1S/C18H22N6/c1-14-10-15(2)24(20-14)18-8-9-22(13-18)11-16-12-23(21-19-16)17-6-4-3-5-7-17/h3-7,10,12,18H,8-9,11,13H2,1-2H3/t18-/m1/s1. The average molecular weight is 322 g/mol. The molecule has 3 aromatic rings. The molecule has 0 unspecified atom stereocenters. The van der Waals surface area contributed by atoms with E-state index >= 15 is 0 Å². The number of benzene rings is 1. The topological polar surface area (TPSA) is 51.8 Å². The predicted octanol–water partition coefficient (Wildman–Crippen LogP) is 2.53. The van der Waals surface area contributed by atoms with Crippen molar-refractivity contribution in [3.05, 3.63) is 59.7 Å². The van der Waals surface area contributed by atoms with Gasteiger partial charge in [-0.2, -0.15) is 5.10 Å². The summed E-state index contributed by atoms with van der Waals surface area (Å²) in [5.74, 6) is 0. The van der Waals surface area contributed by atoms with Crippen molar-refractivity contribution >= 4 is 0 Å². The van der Waals surface area contributed by atoms with Crippen LogP contribution in [-0.4, -0.2) is 42.8 Å². The molecule has 0 aliphatic carbocycles. The quantitative estimate of drug-likeness (QED) is 0.741. The Kier molecular flexibility index (Phi) is 3.90. The Bertz CT molecular complexity index is 819. The van der Waals surface area contributed by atoms with Crippen LogP contribution in [0.25, 0.3) is 5.69 Å². The molecule has 1 aromatic carbocycles. The Labute approximate surface area is 141 Å². The van der Waals surface area contributed by atoms with Crippen molar-refractivity contribution < 1.29 is 0 Å². The van der Waals surface area contributed by atoms with Crippen molar-refractivity contribution in [3.63, 3.8) is 0 Å². The molecule has 3 heterocycles. The van der Waals surface area contributed by atoms with Crippen LogP contribution in [-0.2, 0) is 6.54 Å². The maximum absolute atomic E-state index is 4.64. The number of para-hydroxylation sites is 1. The third-order valence-electron chi connectivity index (χ3n) is 4.59. The molecule has 0 spiro atoms. The van der Waals surface area contributed by atoms with Crippen LogP contribution in [0.2, 0.25) is 0 Å². The van der Waals surface area contributed by atoms with E-state index in [9.17, 15) is 0 Å². The first-order valence-corrected chi connectivity index (χ1v) is 8.41. The van der Waals surface area contributed by atoms with Crippen molar-refractivity contribution in [1.82, 2.24) is 29.7 Å². The van der Waals surface area contributed by atoms with Gasteiger partial charge in [0, 0.05) is 25.3 Å². The summed E-state index contributed by atoms with van der Waals surface area (Å²) >= 11 is 0. The number of aromatic nitrogens is 5. The summed E-state index contributed by atoms with van der Waals surface area (Å²) in [5, 5.41) is 13.2. The molecule has 6 nitrogen and oxygen atoms in total. The summed E-state index contributed by atoms with van der Waals surface area (Å²) in [4.78, 5) is 2.43. The second-order valence-corrected chi connectivity index (χ2v) is 6.54. The Morgan fingerprint density at radius 3 is 2.75 bits per heavy atom. The molecule has 24 heavy (non-hydrogen) atoms. The summed E-state index contributed by atoms with van der Waals surface area (Å²) in [6, 6.07) is 12.7. The van der Waals surface area contributed by atoms with Crippen LogP contribution in [0.15, 0.2) is 42.6 Å². The minimum absolute atomic E-state index is 0.461. The summed E-state index contributed by atoms with van der Waals surface area (Å²) < 4.78 is 4.01. The molecule has 0 radical (unpaired) electrons. The van der Waals surface area contributed by atoms with Crippen molar-refractivity contribution in [2.24, 2.45) is 0 Å². The third kappa shape index (κ3) is 2.97. The number of nitrogens with zero attached hydrogens (tertiary/aromatic N) is 6. The molecule has 0 N–H and O–H groups in total. The van der Waals surface area contributed by atoms with Crippen LogP contribution in [0.4, 0.5) is 0 Å². The van der Waals surface area contributed by atoms with Crippen molar-refractivity contribution in [1.29, 1.82) is 0 Å². The van der Waals surface area contributed by atoms with Gasteiger partial charge in [-0.1, -0.05) is 23.4 Å². The van der Waals surface area contributed by atoms with E-state index in [1.54, 1.807) is 0 Å². The molecule has 1 aliphatic heterocycles. The maximum Gasteiger partial charge on any atom is 0.0971 e. The number of hydrogen-bond acceptors (Lipinski definition) is 4. The van der Waals surface area contributed by atoms with Gasteiger partial charge in [-0.3, -0.25) is 9.58 Å². The number of hydrogen-bond donors (Lipinski definition) is 0. The van der Waals surface area contributed by atoms with Gasteiger partial charge in [0.15, 0.2) is 0 Å². The highest BCUT2D eigenvalue weighted by Crippen LogP contribution is 2.24. The van der Waals surface area contributed by atoms with Crippen LogP contribution in [0.1, 0.15) is 29.5 Å². The van der Waals surface area contributed by atoms with Gasteiger partial charge in [0.25, 0.3) is 0 Å². The summed E-state index contributed by atoms with van der Waals surface area (Å²) in [6.07, 6.45) is 3.15. The normalized spacial score (nSPS) is 18.3. The van der Waals surface area contributed by atoms with E-state index < -0.39 is 0 Å². The number of likely N-dealkylation sites (tertiary alicyclic amines) is 1. The molecule has 0 amide bonds. The zero-order valence-corrected chi connectivity index (χ0v) is 14.1. The predicted molar refractivity (Wildman–Crippen MR) is 92.0 cm³/mol. The number of rotatable bonds is 4. The Morgan fingerprint density at radius 2 is 2.00 bits per heavy atom. The molecule has 1 atom stereocenters. The zero-order chi connectivity index (χ0) is 16.5. The van der Waals surface area contributed by atoms with Crippen LogP contribution in [0.3, 0.4) is 0 Å². The van der Waals surface area contributed by atoms with Crippen LogP contribution < -0.4 is 0 Å². The van der Waals surface area contributed by atoms with Gasteiger partial charge < -0.3 is 0 Å². The lowest BCUT2D eigenvalue weighted by molar-refractivity contribution is 0.307. The minimum Gasteiger partial charge on any atom is -0.295 e. The molecule has 0 saturated carbocycles. The van der Waals surface area contributed by atoms with Gasteiger partial charge in [-0.05, 0) is 38.5 Å². The zero-order valence-electron chi connectivity index (χ0n) is 14.1. The molecule has 1 saturated heterocycles.